The van der Waals surface area contributed by atoms with Gasteiger partial charge in [-0.3, -0.25) is 0 Å². The van der Waals surface area contributed by atoms with Crippen LogP contribution in [0.4, 0.5) is 13.2 Å². The number of alkyl halides is 3. The van der Waals surface area contributed by atoms with E-state index in [4.69, 9.17) is 4.74 Å². The first kappa shape index (κ1) is 19.7. The molecule has 7 heteroatoms. The highest BCUT2D eigenvalue weighted by atomic mass is 32.2. The number of hydrogen-bond donors (Lipinski definition) is 0. The van der Waals surface area contributed by atoms with Gasteiger partial charge in [0, 0.05) is 0 Å². The minimum Gasteiger partial charge on any atom is -0.457 e. The van der Waals surface area contributed by atoms with E-state index < -0.39 is 26.8 Å². The second-order valence-electron chi connectivity index (χ2n) is 7.21. The lowest BCUT2D eigenvalue weighted by molar-refractivity contribution is -0.137. The Morgan fingerprint density at radius 2 is 1.70 bits per heavy atom. The third kappa shape index (κ3) is 4.64. The van der Waals surface area contributed by atoms with Gasteiger partial charge in [0.15, 0.2) is 9.84 Å². The van der Waals surface area contributed by atoms with Crippen molar-refractivity contribution in [3.8, 4) is 11.5 Å². The SMILES string of the molecule is CC(C)S(=O)(=O)C[C@H]1Cc2ccc(Oc3cccc(C(F)(F)F)c3)cc2C1. The molecule has 1 aliphatic carbocycles. The number of benzene rings is 2. The van der Waals surface area contributed by atoms with Crippen LogP contribution in [0.5, 0.6) is 11.5 Å². The molecule has 0 N–H and O–H groups in total. The first-order chi connectivity index (χ1) is 12.5. The van der Waals surface area contributed by atoms with Crippen molar-refractivity contribution in [2.45, 2.75) is 38.1 Å². The minimum atomic E-state index is -4.42. The van der Waals surface area contributed by atoms with Gasteiger partial charge >= 0.3 is 6.18 Å². The van der Waals surface area contributed by atoms with Crippen LogP contribution in [0.2, 0.25) is 0 Å². The topological polar surface area (TPSA) is 43.4 Å². The molecule has 0 bridgehead atoms. The summed E-state index contributed by atoms with van der Waals surface area (Å²) in [4.78, 5) is 0. The Bertz CT molecular complexity index is 934. The molecule has 2 aromatic carbocycles. The fourth-order valence-electron chi connectivity index (χ4n) is 3.26. The summed E-state index contributed by atoms with van der Waals surface area (Å²) in [5, 5.41) is -0.402. The van der Waals surface area contributed by atoms with Crippen LogP contribution in [0.3, 0.4) is 0 Å². The second-order valence-corrected chi connectivity index (χ2v) is 9.81. The van der Waals surface area contributed by atoms with Gasteiger partial charge in [-0.2, -0.15) is 13.2 Å². The molecule has 146 valence electrons. The van der Waals surface area contributed by atoms with E-state index in [2.05, 4.69) is 0 Å². The Balaban J connectivity index is 1.73. The lowest BCUT2D eigenvalue weighted by atomic mass is 10.1. The first-order valence-corrected chi connectivity index (χ1v) is 10.4. The number of fused-ring (bicyclic) bond motifs is 1. The summed E-state index contributed by atoms with van der Waals surface area (Å²) in [5.74, 6) is 0.724. The molecule has 0 saturated heterocycles. The molecule has 3 nitrogen and oxygen atoms in total. The van der Waals surface area contributed by atoms with E-state index in [1.54, 1.807) is 26.0 Å². The molecule has 0 fully saturated rings. The van der Waals surface area contributed by atoms with Gasteiger partial charge in [0.2, 0.25) is 0 Å². The molecule has 0 unspecified atom stereocenters. The molecule has 0 amide bonds. The Morgan fingerprint density at radius 1 is 1.04 bits per heavy atom. The quantitative estimate of drug-likeness (QED) is 0.709. The standard InChI is InChI=1S/C20H21F3O3S/c1-13(2)27(24,25)12-14-8-15-6-7-19(10-16(15)9-14)26-18-5-3-4-17(11-18)20(21,22)23/h3-7,10-11,13-14H,8-9,12H2,1-2H3/t14-/m0/s1. The van der Waals surface area contributed by atoms with Crippen LogP contribution in [0.25, 0.3) is 0 Å². The van der Waals surface area contributed by atoms with Gasteiger partial charge in [-0.25, -0.2) is 8.42 Å². The molecule has 1 aliphatic rings. The maximum atomic E-state index is 12.8. The lowest BCUT2D eigenvalue weighted by Gasteiger charge is -2.12. The number of rotatable bonds is 5. The lowest BCUT2D eigenvalue weighted by Crippen LogP contribution is -2.23. The van der Waals surface area contributed by atoms with Crippen LogP contribution in [0, 0.1) is 5.92 Å². The minimum absolute atomic E-state index is 0.0243. The normalized spacial score (nSPS) is 17.2. The number of sulfone groups is 1. The maximum absolute atomic E-state index is 12.8. The van der Waals surface area contributed by atoms with Crippen LogP contribution in [0.1, 0.15) is 30.5 Å². The van der Waals surface area contributed by atoms with Gasteiger partial charge in [0.1, 0.15) is 11.5 Å². The summed E-state index contributed by atoms with van der Waals surface area (Å²) in [6.07, 6.45) is -3.11. The fourth-order valence-corrected chi connectivity index (χ4v) is 4.54. The van der Waals surface area contributed by atoms with Gasteiger partial charge in [-0.15, -0.1) is 0 Å². The summed E-state index contributed by atoms with van der Waals surface area (Å²) < 4.78 is 68.3. The Labute approximate surface area is 157 Å². The molecule has 2 aromatic rings. The maximum Gasteiger partial charge on any atom is 0.416 e. The molecule has 0 radical (unpaired) electrons. The van der Waals surface area contributed by atoms with Gasteiger partial charge in [0.25, 0.3) is 0 Å². The van der Waals surface area contributed by atoms with Crippen molar-refractivity contribution in [2.24, 2.45) is 5.92 Å². The summed E-state index contributed by atoms with van der Waals surface area (Å²) in [6.45, 7) is 3.36. The zero-order valence-corrected chi connectivity index (χ0v) is 15.9. The van der Waals surface area contributed by atoms with E-state index in [1.807, 2.05) is 6.07 Å². The van der Waals surface area contributed by atoms with Crippen molar-refractivity contribution in [3.63, 3.8) is 0 Å². The van der Waals surface area contributed by atoms with Gasteiger partial charge in [-0.1, -0.05) is 12.1 Å². The Morgan fingerprint density at radius 3 is 2.37 bits per heavy atom. The van der Waals surface area contributed by atoms with Crippen LogP contribution < -0.4 is 4.74 Å². The fraction of sp³-hybridized carbons (Fsp3) is 0.400. The van der Waals surface area contributed by atoms with Crippen LogP contribution >= 0.6 is 0 Å². The van der Waals surface area contributed by atoms with E-state index in [9.17, 15) is 21.6 Å². The predicted molar refractivity (Wildman–Crippen MR) is 97.8 cm³/mol. The summed E-state index contributed by atoms with van der Waals surface area (Å²) in [6, 6.07) is 10.1. The second kappa shape index (κ2) is 7.19. The highest BCUT2D eigenvalue weighted by Crippen LogP contribution is 2.35. The van der Waals surface area contributed by atoms with Gasteiger partial charge in [-0.05, 0) is 74.1 Å². The average molecular weight is 398 g/mol. The van der Waals surface area contributed by atoms with Crippen LogP contribution in [0.15, 0.2) is 42.5 Å². The first-order valence-electron chi connectivity index (χ1n) is 8.73. The van der Waals surface area contributed by atoms with E-state index in [0.29, 0.717) is 18.6 Å². The van der Waals surface area contributed by atoms with Crippen molar-refractivity contribution in [1.82, 2.24) is 0 Å². The Kier molecular flexibility index (Phi) is 5.25. The Hall–Kier alpha value is -2.02. The summed E-state index contributed by atoms with van der Waals surface area (Å²) >= 11 is 0. The molecule has 1 atom stereocenters. The number of hydrogen-bond acceptors (Lipinski definition) is 3. The molecule has 27 heavy (non-hydrogen) atoms. The summed E-state index contributed by atoms with van der Waals surface area (Å²) in [7, 11) is -3.11. The van der Waals surface area contributed by atoms with E-state index >= 15 is 0 Å². The third-order valence-corrected chi connectivity index (χ3v) is 7.15. The molecule has 0 aliphatic heterocycles. The zero-order chi connectivity index (χ0) is 19.8. The largest absolute Gasteiger partial charge is 0.457 e. The molecule has 0 aromatic heterocycles. The predicted octanol–water partition coefficient (Wildman–Crippen LogP) is 5.04. The molecule has 0 heterocycles. The van der Waals surface area contributed by atoms with Crippen molar-refractivity contribution in [1.29, 1.82) is 0 Å². The van der Waals surface area contributed by atoms with Gasteiger partial charge < -0.3 is 4.74 Å². The van der Waals surface area contributed by atoms with Crippen LogP contribution in [-0.4, -0.2) is 19.4 Å². The highest BCUT2D eigenvalue weighted by Gasteiger charge is 2.31. The third-order valence-electron chi connectivity index (χ3n) is 4.78. The van der Waals surface area contributed by atoms with Crippen molar-refractivity contribution < 1.29 is 26.3 Å². The number of halogens is 3. The molecule has 0 spiro atoms. The number of ether oxygens (including phenoxy) is 1. The molecular weight excluding hydrogens is 377 g/mol. The van der Waals surface area contributed by atoms with Crippen molar-refractivity contribution in [3.05, 3.63) is 59.2 Å². The summed E-state index contributed by atoms with van der Waals surface area (Å²) in [5.41, 5.74) is 1.29. The molecule has 0 saturated carbocycles. The molecular formula is C20H21F3O3S. The van der Waals surface area contributed by atoms with Gasteiger partial charge in [0.05, 0.1) is 16.6 Å². The monoisotopic (exact) mass is 398 g/mol. The van der Waals surface area contributed by atoms with E-state index in [1.165, 1.54) is 12.1 Å². The van der Waals surface area contributed by atoms with Crippen molar-refractivity contribution in [2.75, 3.05) is 5.75 Å². The van der Waals surface area contributed by atoms with E-state index in [0.717, 1.165) is 23.3 Å². The smallest absolute Gasteiger partial charge is 0.416 e. The highest BCUT2D eigenvalue weighted by molar-refractivity contribution is 7.91. The van der Waals surface area contributed by atoms with E-state index in [-0.39, 0.29) is 17.4 Å². The van der Waals surface area contributed by atoms with Crippen molar-refractivity contribution >= 4 is 9.84 Å². The zero-order valence-electron chi connectivity index (χ0n) is 15.1. The average Bonchev–Trinajstić information content (AvgIpc) is 2.95. The molecule has 3 rings (SSSR count). The van der Waals surface area contributed by atoms with Crippen LogP contribution in [-0.2, 0) is 28.9 Å².